The summed E-state index contributed by atoms with van der Waals surface area (Å²) < 4.78 is 21.6. The second kappa shape index (κ2) is 11.8. The molecular weight excluding hydrogens is 625 g/mol. The van der Waals surface area contributed by atoms with E-state index in [0.717, 1.165) is 23.5 Å². The molecule has 0 radical (unpaired) electrons. The number of benzene rings is 2. The van der Waals surface area contributed by atoms with Gasteiger partial charge in [-0.2, -0.15) is 0 Å². The van der Waals surface area contributed by atoms with Gasteiger partial charge in [0.1, 0.15) is 8.64 Å². The Balaban J connectivity index is 1.03. The van der Waals surface area contributed by atoms with Crippen molar-refractivity contribution in [1.29, 1.82) is 0 Å². The van der Waals surface area contributed by atoms with Gasteiger partial charge in [0.15, 0.2) is 23.0 Å². The number of hydrogen-bond acceptors (Lipinski definition) is 12. The highest BCUT2D eigenvalue weighted by Gasteiger charge is 2.42. The Morgan fingerprint density at radius 1 is 0.690 bits per heavy atom. The molecule has 0 atom stereocenters. The summed E-state index contributed by atoms with van der Waals surface area (Å²) in [6.45, 7) is 0.311. The van der Waals surface area contributed by atoms with Crippen molar-refractivity contribution in [2.24, 2.45) is 0 Å². The third-order valence-electron chi connectivity index (χ3n) is 6.34. The molecule has 0 unspecified atom stereocenters. The molecule has 16 heteroatoms. The van der Waals surface area contributed by atoms with Crippen molar-refractivity contribution >= 4 is 91.6 Å². The summed E-state index contributed by atoms with van der Waals surface area (Å²) >= 11 is 12.7. The van der Waals surface area contributed by atoms with Crippen LogP contribution in [0.15, 0.2) is 46.2 Å². The normalized spacial score (nSPS) is 18.8. The second-order valence-corrected chi connectivity index (χ2v) is 12.3. The van der Waals surface area contributed by atoms with Gasteiger partial charge in [0.2, 0.25) is 25.4 Å². The van der Waals surface area contributed by atoms with Crippen LogP contribution in [0.3, 0.4) is 0 Å². The first kappa shape index (κ1) is 28.3. The Labute approximate surface area is 258 Å². The lowest BCUT2D eigenvalue weighted by atomic mass is 10.2. The fourth-order valence-electron chi connectivity index (χ4n) is 4.28. The number of carbonyl (C=O) groups is 4. The maximum absolute atomic E-state index is 13.2. The van der Waals surface area contributed by atoms with E-state index in [1.165, 1.54) is 9.80 Å². The molecule has 0 bridgehead atoms. The monoisotopic (exact) mass is 644 g/mol. The molecule has 0 aromatic heterocycles. The first-order valence-electron chi connectivity index (χ1n) is 12.5. The number of hydrogen-bond donors (Lipinski definition) is 2. The Morgan fingerprint density at radius 3 is 1.52 bits per heavy atom. The molecule has 4 heterocycles. The maximum Gasteiger partial charge on any atom is 0.267 e. The van der Waals surface area contributed by atoms with E-state index in [2.05, 4.69) is 10.6 Å². The third-order valence-corrected chi connectivity index (χ3v) is 9.37. The fraction of sp³-hybridized carbons (Fsp3) is 0.231. The summed E-state index contributed by atoms with van der Waals surface area (Å²) in [6.07, 6.45) is -0.0405. The largest absolute Gasteiger partial charge is 0.454 e. The minimum absolute atomic E-state index is 0.0202. The third kappa shape index (κ3) is 5.74. The van der Waals surface area contributed by atoms with Crippen LogP contribution in [-0.4, -0.2) is 68.7 Å². The highest BCUT2D eigenvalue weighted by atomic mass is 32.2. The van der Waals surface area contributed by atoms with Gasteiger partial charge in [-0.1, -0.05) is 48.0 Å². The van der Waals surface area contributed by atoms with Crippen LogP contribution in [0.4, 0.5) is 11.4 Å². The topological polar surface area (TPSA) is 136 Å². The van der Waals surface area contributed by atoms with Crippen LogP contribution >= 0.6 is 48.0 Å². The van der Waals surface area contributed by atoms with Crippen molar-refractivity contribution in [3.63, 3.8) is 0 Å². The molecule has 0 aliphatic carbocycles. The zero-order chi connectivity index (χ0) is 29.4. The number of thioether (sulfide) groups is 2. The van der Waals surface area contributed by atoms with Crippen molar-refractivity contribution in [1.82, 2.24) is 9.80 Å². The van der Waals surface area contributed by atoms with E-state index in [4.69, 9.17) is 43.4 Å². The molecule has 2 N–H and O–H groups in total. The number of nitrogens with one attached hydrogen (secondary N) is 2. The van der Waals surface area contributed by atoms with Crippen molar-refractivity contribution in [3.8, 4) is 23.0 Å². The number of carbonyl (C=O) groups excluding carboxylic acids is 4. The summed E-state index contributed by atoms with van der Waals surface area (Å²) in [5, 5.41) is 5.52. The van der Waals surface area contributed by atoms with E-state index >= 15 is 0 Å². The summed E-state index contributed by atoms with van der Waals surface area (Å²) in [4.78, 5) is 54.4. The number of ether oxygens (including phenoxy) is 4. The predicted molar refractivity (Wildman–Crippen MR) is 162 cm³/mol. The molecule has 4 aliphatic heterocycles. The number of nitrogens with zero attached hydrogens (tertiary/aromatic N) is 2. The molecule has 4 amide bonds. The highest BCUT2D eigenvalue weighted by Crippen LogP contribution is 2.42. The van der Waals surface area contributed by atoms with E-state index in [1.54, 1.807) is 36.4 Å². The minimum Gasteiger partial charge on any atom is -0.454 e. The zero-order valence-corrected chi connectivity index (χ0v) is 24.8. The summed E-state index contributed by atoms with van der Waals surface area (Å²) in [6, 6.07) is 10.1. The molecule has 0 spiro atoms. The number of amides is 4. The van der Waals surface area contributed by atoms with E-state index in [9.17, 15) is 19.2 Å². The van der Waals surface area contributed by atoms with E-state index in [-0.39, 0.29) is 69.8 Å². The van der Waals surface area contributed by atoms with Crippen LogP contribution in [0.2, 0.25) is 0 Å². The predicted octanol–water partition coefficient (Wildman–Crippen LogP) is 3.43. The van der Waals surface area contributed by atoms with Crippen molar-refractivity contribution < 1.29 is 38.1 Å². The van der Waals surface area contributed by atoms with Crippen molar-refractivity contribution in [3.05, 3.63) is 46.2 Å². The SMILES string of the molecule is O=C(CCN1C(=O)/C(=C2\SC(=S)N(CCC(=O)Nc3ccc4c(c3)OCO4)C2=O)SC1=S)Nc1ccc2c(c1)OCO2. The second-order valence-electron chi connectivity index (χ2n) is 9.04. The van der Waals surface area contributed by atoms with E-state index < -0.39 is 11.8 Å². The van der Waals surface area contributed by atoms with Crippen LogP contribution < -0.4 is 29.6 Å². The average molecular weight is 645 g/mol. The summed E-state index contributed by atoms with van der Waals surface area (Å²) in [7, 11) is 0. The molecule has 2 fully saturated rings. The smallest absolute Gasteiger partial charge is 0.267 e. The van der Waals surface area contributed by atoms with Gasteiger partial charge in [-0.25, -0.2) is 0 Å². The van der Waals surface area contributed by atoms with E-state index in [1.807, 2.05) is 0 Å². The quantitative estimate of drug-likeness (QED) is 0.322. The van der Waals surface area contributed by atoms with E-state index in [0.29, 0.717) is 34.4 Å². The molecular formula is C26H20N4O8S4. The molecule has 6 rings (SSSR count). The zero-order valence-electron chi connectivity index (χ0n) is 21.5. The molecule has 216 valence electrons. The Bertz CT molecular complexity index is 1480. The lowest BCUT2D eigenvalue weighted by Crippen LogP contribution is -2.33. The lowest BCUT2D eigenvalue weighted by molar-refractivity contribution is -0.125. The number of anilines is 2. The van der Waals surface area contributed by atoms with Crippen LogP contribution in [0.25, 0.3) is 0 Å². The number of rotatable bonds is 8. The molecule has 2 aromatic rings. The van der Waals surface area contributed by atoms with Gasteiger partial charge in [0.25, 0.3) is 11.8 Å². The Morgan fingerprint density at radius 2 is 1.10 bits per heavy atom. The first-order chi connectivity index (χ1) is 20.3. The van der Waals surface area contributed by atoms with Gasteiger partial charge in [0, 0.05) is 49.4 Å². The van der Waals surface area contributed by atoms with Crippen LogP contribution in [0.1, 0.15) is 12.8 Å². The molecule has 42 heavy (non-hydrogen) atoms. The van der Waals surface area contributed by atoms with Crippen molar-refractivity contribution in [2.75, 3.05) is 37.3 Å². The van der Waals surface area contributed by atoms with Crippen LogP contribution in [-0.2, 0) is 19.2 Å². The van der Waals surface area contributed by atoms with Gasteiger partial charge in [0.05, 0.1) is 9.81 Å². The van der Waals surface area contributed by atoms with Gasteiger partial charge >= 0.3 is 0 Å². The molecule has 12 nitrogen and oxygen atoms in total. The van der Waals surface area contributed by atoms with Gasteiger partial charge < -0.3 is 29.6 Å². The summed E-state index contributed by atoms with van der Waals surface area (Å²) in [5.74, 6) is 0.672. The highest BCUT2D eigenvalue weighted by molar-refractivity contribution is 8.29. The molecule has 2 saturated heterocycles. The first-order valence-corrected chi connectivity index (χ1v) is 14.9. The van der Waals surface area contributed by atoms with Crippen LogP contribution in [0, 0.1) is 0 Å². The average Bonchev–Trinajstić information content (AvgIpc) is 3.73. The van der Waals surface area contributed by atoms with Crippen molar-refractivity contribution in [2.45, 2.75) is 12.8 Å². The fourth-order valence-corrected chi connectivity index (χ4v) is 7.05. The van der Waals surface area contributed by atoms with Crippen LogP contribution in [0.5, 0.6) is 23.0 Å². The summed E-state index contributed by atoms with van der Waals surface area (Å²) in [5.41, 5.74) is 1.06. The number of fused-ring (bicyclic) bond motifs is 2. The minimum atomic E-state index is -0.470. The Hall–Kier alpha value is -3.86. The maximum atomic E-state index is 13.2. The Kier molecular flexibility index (Phi) is 7.94. The molecule has 4 aliphatic rings. The molecule has 2 aromatic carbocycles. The van der Waals surface area contributed by atoms with Gasteiger partial charge in [-0.05, 0) is 24.3 Å². The van der Waals surface area contributed by atoms with Gasteiger partial charge in [-0.15, -0.1) is 0 Å². The van der Waals surface area contributed by atoms with Gasteiger partial charge in [-0.3, -0.25) is 29.0 Å². The number of thiocarbonyl (C=S) groups is 2. The molecule has 0 saturated carbocycles. The standard InChI is InChI=1S/C26H20N4O8S4/c31-19(27-13-1-3-15-17(9-13)37-11-35-15)5-7-29-23(33)21(41-25(29)39)22-24(34)30(26(40)42-22)8-6-20(32)28-14-2-4-16-18(10-14)38-12-36-16/h1-4,9-10H,5-8,11-12H2,(H,27,31)(H,28,32)/b22-21+. The lowest BCUT2D eigenvalue weighted by Gasteiger charge is -2.15.